The molecule has 0 bridgehead atoms. The average Bonchev–Trinajstić information content (AvgIpc) is 3.43. The van der Waals surface area contributed by atoms with Crippen molar-refractivity contribution in [2.24, 2.45) is 0 Å². The lowest BCUT2D eigenvalue weighted by atomic mass is 9.96. The van der Waals surface area contributed by atoms with Crippen LogP contribution in [0.25, 0.3) is 0 Å². The summed E-state index contributed by atoms with van der Waals surface area (Å²) in [4.78, 5) is 23.6. The fourth-order valence-corrected chi connectivity index (χ4v) is 4.23. The number of imidazole rings is 1. The molecule has 3 aromatic rings. The minimum Gasteiger partial charge on any atom is -0.342 e. The SMILES string of the molecule is Cc1cnn(CCC(=O)N2CCC[C@H](c3nccn3Cc3cscn3)C2)c1. The largest absolute Gasteiger partial charge is 0.342 e. The molecule has 27 heavy (non-hydrogen) atoms. The normalized spacial score (nSPS) is 17.4. The summed E-state index contributed by atoms with van der Waals surface area (Å²) in [6, 6.07) is 0. The third-order valence-corrected chi connectivity index (χ3v) is 5.66. The summed E-state index contributed by atoms with van der Waals surface area (Å²) in [5.74, 6) is 1.54. The Kier molecular flexibility index (Phi) is 5.33. The monoisotopic (exact) mass is 384 g/mol. The van der Waals surface area contributed by atoms with E-state index in [0.717, 1.165) is 49.6 Å². The number of likely N-dealkylation sites (tertiary alicyclic amines) is 1. The summed E-state index contributed by atoms with van der Waals surface area (Å²) >= 11 is 1.61. The van der Waals surface area contributed by atoms with Crippen molar-refractivity contribution in [3.63, 3.8) is 0 Å². The van der Waals surface area contributed by atoms with Crippen LogP contribution >= 0.6 is 11.3 Å². The van der Waals surface area contributed by atoms with Crippen LogP contribution in [-0.4, -0.2) is 48.2 Å². The molecular formula is C19H24N6OS. The molecule has 0 saturated carbocycles. The molecule has 1 atom stereocenters. The molecule has 0 aromatic carbocycles. The molecule has 4 rings (SSSR count). The molecule has 1 aliphatic heterocycles. The fourth-order valence-electron chi connectivity index (χ4n) is 3.68. The van der Waals surface area contributed by atoms with E-state index in [4.69, 9.17) is 0 Å². The van der Waals surface area contributed by atoms with E-state index in [1.54, 1.807) is 11.3 Å². The second kappa shape index (κ2) is 8.04. The van der Waals surface area contributed by atoms with Crippen molar-refractivity contribution in [2.45, 2.75) is 45.2 Å². The molecule has 1 fully saturated rings. The first kappa shape index (κ1) is 17.9. The molecule has 0 N–H and O–H groups in total. The van der Waals surface area contributed by atoms with Gasteiger partial charge in [-0.2, -0.15) is 5.10 Å². The molecule has 142 valence electrons. The van der Waals surface area contributed by atoms with Gasteiger partial charge in [0, 0.05) is 55.9 Å². The number of carbonyl (C=O) groups excluding carboxylic acids is 1. The van der Waals surface area contributed by atoms with Crippen LogP contribution < -0.4 is 0 Å². The lowest BCUT2D eigenvalue weighted by Crippen LogP contribution is -2.40. The third-order valence-electron chi connectivity index (χ3n) is 5.02. The van der Waals surface area contributed by atoms with E-state index in [-0.39, 0.29) is 11.8 Å². The summed E-state index contributed by atoms with van der Waals surface area (Å²) < 4.78 is 4.01. The Hall–Kier alpha value is -2.48. The van der Waals surface area contributed by atoms with Crippen molar-refractivity contribution in [1.82, 2.24) is 29.2 Å². The van der Waals surface area contributed by atoms with E-state index in [9.17, 15) is 4.79 Å². The zero-order valence-electron chi connectivity index (χ0n) is 15.5. The quantitative estimate of drug-likeness (QED) is 0.655. The number of rotatable bonds is 6. The molecule has 1 aliphatic rings. The number of amides is 1. The Morgan fingerprint density at radius 3 is 3.07 bits per heavy atom. The van der Waals surface area contributed by atoms with E-state index in [2.05, 4.69) is 25.0 Å². The Bertz CT molecular complexity index is 884. The van der Waals surface area contributed by atoms with Crippen LogP contribution in [0.15, 0.2) is 35.7 Å². The molecule has 0 unspecified atom stereocenters. The number of aryl methyl sites for hydroxylation is 2. The zero-order valence-corrected chi connectivity index (χ0v) is 16.3. The van der Waals surface area contributed by atoms with Gasteiger partial charge in [-0.25, -0.2) is 9.97 Å². The van der Waals surface area contributed by atoms with E-state index < -0.39 is 0 Å². The van der Waals surface area contributed by atoms with Crippen molar-refractivity contribution in [3.8, 4) is 0 Å². The summed E-state index contributed by atoms with van der Waals surface area (Å²) in [6.45, 7) is 4.95. The molecular weight excluding hydrogens is 360 g/mol. The highest BCUT2D eigenvalue weighted by Crippen LogP contribution is 2.26. The predicted molar refractivity (Wildman–Crippen MR) is 104 cm³/mol. The van der Waals surface area contributed by atoms with E-state index in [1.165, 1.54) is 0 Å². The Labute approximate surface area is 162 Å². The number of hydrogen-bond acceptors (Lipinski definition) is 5. The lowest BCUT2D eigenvalue weighted by molar-refractivity contribution is -0.132. The Morgan fingerprint density at radius 1 is 1.37 bits per heavy atom. The number of aromatic nitrogens is 5. The number of hydrogen-bond donors (Lipinski definition) is 0. The second-order valence-corrected chi connectivity index (χ2v) is 7.82. The zero-order chi connectivity index (χ0) is 18.6. The van der Waals surface area contributed by atoms with Crippen molar-refractivity contribution < 1.29 is 4.79 Å². The van der Waals surface area contributed by atoms with Gasteiger partial charge in [0.05, 0.1) is 23.9 Å². The third kappa shape index (κ3) is 4.27. The highest BCUT2D eigenvalue weighted by Gasteiger charge is 2.27. The molecule has 1 saturated heterocycles. The minimum absolute atomic E-state index is 0.200. The van der Waals surface area contributed by atoms with Gasteiger partial charge in [-0.05, 0) is 25.3 Å². The first-order valence-corrected chi connectivity index (χ1v) is 10.3. The maximum atomic E-state index is 12.7. The summed E-state index contributed by atoms with van der Waals surface area (Å²) in [5, 5.41) is 6.33. The lowest BCUT2D eigenvalue weighted by Gasteiger charge is -2.32. The van der Waals surface area contributed by atoms with Crippen LogP contribution in [0.2, 0.25) is 0 Å². The second-order valence-electron chi connectivity index (χ2n) is 7.10. The van der Waals surface area contributed by atoms with Crippen LogP contribution in [0.1, 0.15) is 42.3 Å². The summed E-state index contributed by atoms with van der Waals surface area (Å²) in [6.07, 6.45) is 10.2. The molecule has 7 nitrogen and oxygen atoms in total. The van der Waals surface area contributed by atoms with Crippen LogP contribution in [0.4, 0.5) is 0 Å². The van der Waals surface area contributed by atoms with Crippen LogP contribution in [0.5, 0.6) is 0 Å². The van der Waals surface area contributed by atoms with Gasteiger partial charge in [-0.1, -0.05) is 0 Å². The van der Waals surface area contributed by atoms with Crippen molar-refractivity contribution in [1.29, 1.82) is 0 Å². The predicted octanol–water partition coefficient (Wildman–Crippen LogP) is 2.69. The fraction of sp³-hybridized carbons (Fsp3) is 0.474. The molecule has 0 spiro atoms. The van der Waals surface area contributed by atoms with Crippen LogP contribution in [0, 0.1) is 6.92 Å². The first-order chi connectivity index (χ1) is 13.2. The molecule has 1 amide bonds. The topological polar surface area (TPSA) is 68.8 Å². The maximum absolute atomic E-state index is 12.7. The molecule has 8 heteroatoms. The standard InChI is InChI=1S/C19H24N6OS/c1-15-9-22-25(10-15)7-4-18(26)23-6-2-3-16(11-23)19-20-5-8-24(19)12-17-13-27-14-21-17/h5,8-10,13-14,16H,2-4,6-7,11-12H2,1H3/t16-/m0/s1. The van der Waals surface area contributed by atoms with E-state index in [0.29, 0.717) is 13.0 Å². The van der Waals surface area contributed by atoms with Crippen molar-refractivity contribution in [2.75, 3.05) is 13.1 Å². The maximum Gasteiger partial charge on any atom is 0.224 e. The van der Waals surface area contributed by atoms with Gasteiger partial charge in [0.2, 0.25) is 5.91 Å². The molecule has 0 aliphatic carbocycles. The van der Waals surface area contributed by atoms with Gasteiger partial charge in [-0.3, -0.25) is 9.48 Å². The first-order valence-electron chi connectivity index (χ1n) is 9.34. The van der Waals surface area contributed by atoms with E-state index in [1.807, 2.05) is 46.8 Å². The summed E-state index contributed by atoms with van der Waals surface area (Å²) in [7, 11) is 0. The average molecular weight is 385 g/mol. The van der Waals surface area contributed by atoms with Crippen LogP contribution in [0.3, 0.4) is 0 Å². The Morgan fingerprint density at radius 2 is 2.30 bits per heavy atom. The van der Waals surface area contributed by atoms with Gasteiger partial charge in [0.1, 0.15) is 5.82 Å². The number of carbonyl (C=O) groups is 1. The van der Waals surface area contributed by atoms with Crippen molar-refractivity contribution >= 4 is 17.2 Å². The smallest absolute Gasteiger partial charge is 0.224 e. The molecule has 0 radical (unpaired) electrons. The highest BCUT2D eigenvalue weighted by molar-refractivity contribution is 7.07. The van der Waals surface area contributed by atoms with Crippen molar-refractivity contribution in [3.05, 3.63) is 52.8 Å². The molecule has 3 aromatic heterocycles. The molecule has 4 heterocycles. The van der Waals surface area contributed by atoms with Gasteiger partial charge in [0.15, 0.2) is 0 Å². The summed E-state index contributed by atoms with van der Waals surface area (Å²) in [5.41, 5.74) is 4.03. The minimum atomic E-state index is 0.200. The highest BCUT2D eigenvalue weighted by atomic mass is 32.1. The van der Waals surface area contributed by atoms with Gasteiger partial charge in [-0.15, -0.1) is 11.3 Å². The number of piperidine rings is 1. The number of thiazole rings is 1. The van der Waals surface area contributed by atoms with Crippen LogP contribution in [-0.2, 0) is 17.9 Å². The van der Waals surface area contributed by atoms with E-state index >= 15 is 0 Å². The van der Waals surface area contributed by atoms with Gasteiger partial charge in [0.25, 0.3) is 0 Å². The van der Waals surface area contributed by atoms with Gasteiger partial charge < -0.3 is 9.47 Å². The van der Waals surface area contributed by atoms with Gasteiger partial charge >= 0.3 is 0 Å². The number of nitrogens with zero attached hydrogens (tertiary/aromatic N) is 6. The Balaban J connectivity index is 1.38.